The Morgan fingerprint density at radius 3 is 2.61 bits per heavy atom. The molecule has 8 nitrogen and oxygen atoms in total. The Morgan fingerprint density at radius 2 is 1.97 bits per heavy atom. The number of hydrogen-bond acceptors (Lipinski definition) is 6. The molecule has 0 saturated carbocycles. The van der Waals surface area contributed by atoms with E-state index in [1.807, 2.05) is 17.0 Å². The largest absolute Gasteiger partial charge is 0.493 e. The molecule has 0 radical (unpaired) electrons. The van der Waals surface area contributed by atoms with Gasteiger partial charge in [0.1, 0.15) is 0 Å². The summed E-state index contributed by atoms with van der Waals surface area (Å²) in [4.78, 5) is 10.4. The molecule has 1 atom stereocenters. The molecule has 10 heteroatoms. The van der Waals surface area contributed by atoms with Gasteiger partial charge < -0.3 is 29.7 Å². The molecule has 0 spiro atoms. The molecule has 31 heavy (non-hydrogen) atoms. The first-order valence-corrected chi connectivity index (χ1v) is 9.71. The van der Waals surface area contributed by atoms with Crippen molar-refractivity contribution in [2.45, 2.75) is 19.0 Å². The summed E-state index contributed by atoms with van der Waals surface area (Å²) in [5.41, 5.74) is 0.904. The van der Waals surface area contributed by atoms with Crippen molar-refractivity contribution < 1.29 is 18.6 Å². The molecule has 0 amide bonds. The predicted molar refractivity (Wildman–Crippen MR) is 130 cm³/mol. The van der Waals surface area contributed by atoms with Gasteiger partial charge in [-0.25, -0.2) is 9.37 Å². The molecular formula is C21H29FIN5O3. The summed E-state index contributed by atoms with van der Waals surface area (Å²) in [5.74, 6) is 2.50. The van der Waals surface area contributed by atoms with E-state index in [9.17, 15) is 4.39 Å². The minimum atomic E-state index is -0.304. The molecule has 2 aromatic rings. The number of pyridine rings is 1. The van der Waals surface area contributed by atoms with E-state index in [1.165, 1.54) is 6.07 Å². The summed E-state index contributed by atoms with van der Waals surface area (Å²) in [6, 6.07) is 6.91. The Bertz CT molecular complexity index is 899. The number of aliphatic imine (C=N–C) groups is 1. The lowest BCUT2D eigenvalue weighted by Crippen LogP contribution is -2.44. The number of benzene rings is 1. The normalized spacial score (nSPS) is 15.8. The minimum absolute atomic E-state index is 0. The lowest BCUT2D eigenvalue weighted by molar-refractivity contribution is 0.322. The van der Waals surface area contributed by atoms with Gasteiger partial charge in [-0.2, -0.15) is 0 Å². The summed E-state index contributed by atoms with van der Waals surface area (Å²) in [6.45, 7) is 1.86. The van der Waals surface area contributed by atoms with Gasteiger partial charge in [0.05, 0.1) is 21.3 Å². The standard InChI is InChI=1S/C21H28FN5O3.HI/c1-23-21(25-12-14-7-8-17(28-2)19(30-4)18(14)29-3)26-15-9-11-27(13-15)20-16(22)6-5-10-24-20;/h5-8,10,15H,9,11-13H2,1-4H3,(H2,23,25,26);1H. The number of ether oxygens (including phenoxy) is 3. The second-order valence-corrected chi connectivity index (χ2v) is 6.80. The number of hydrogen-bond donors (Lipinski definition) is 2. The lowest BCUT2D eigenvalue weighted by atomic mass is 10.1. The molecule has 2 N–H and O–H groups in total. The van der Waals surface area contributed by atoms with Crippen LogP contribution in [0.25, 0.3) is 0 Å². The van der Waals surface area contributed by atoms with Crippen LogP contribution in [-0.2, 0) is 6.54 Å². The maximum atomic E-state index is 14.0. The SMILES string of the molecule is CN=C(NCc1ccc(OC)c(OC)c1OC)NC1CCN(c2ncccc2F)C1.I. The topological polar surface area (TPSA) is 80.2 Å². The second kappa shape index (κ2) is 11.8. The molecule has 1 saturated heterocycles. The molecule has 1 aliphatic rings. The first kappa shape index (κ1) is 24.8. The average molecular weight is 545 g/mol. The number of anilines is 1. The number of aromatic nitrogens is 1. The van der Waals surface area contributed by atoms with Crippen LogP contribution in [-0.4, -0.2) is 58.5 Å². The van der Waals surface area contributed by atoms with Crippen LogP contribution in [0.5, 0.6) is 17.2 Å². The number of nitrogens with one attached hydrogen (secondary N) is 2. The minimum Gasteiger partial charge on any atom is -0.493 e. The van der Waals surface area contributed by atoms with Gasteiger partial charge in [-0.15, -0.1) is 24.0 Å². The quantitative estimate of drug-likeness (QED) is 0.315. The van der Waals surface area contributed by atoms with Crippen molar-refractivity contribution in [3.63, 3.8) is 0 Å². The van der Waals surface area contributed by atoms with Crippen LogP contribution in [0.4, 0.5) is 10.2 Å². The summed E-state index contributed by atoms with van der Waals surface area (Å²) >= 11 is 0. The molecule has 1 unspecified atom stereocenters. The summed E-state index contributed by atoms with van der Waals surface area (Å²) in [7, 11) is 6.47. The Balaban J connectivity index is 0.00000341. The molecule has 1 aliphatic heterocycles. The molecule has 1 fully saturated rings. The van der Waals surface area contributed by atoms with Crippen molar-refractivity contribution in [1.29, 1.82) is 0 Å². The zero-order chi connectivity index (χ0) is 21.5. The first-order chi connectivity index (χ1) is 14.6. The third kappa shape index (κ3) is 5.81. The number of rotatable bonds is 7. The Morgan fingerprint density at radius 1 is 1.19 bits per heavy atom. The van der Waals surface area contributed by atoms with Crippen molar-refractivity contribution in [3.05, 3.63) is 41.8 Å². The monoisotopic (exact) mass is 545 g/mol. The highest BCUT2D eigenvalue weighted by Gasteiger charge is 2.26. The van der Waals surface area contributed by atoms with Crippen molar-refractivity contribution in [2.75, 3.05) is 46.4 Å². The van der Waals surface area contributed by atoms with Gasteiger partial charge >= 0.3 is 0 Å². The average Bonchev–Trinajstić information content (AvgIpc) is 3.24. The third-order valence-electron chi connectivity index (χ3n) is 5.02. The van der Waals surface area contributed by atoms with Crippen LogP contribution >= 0.6 is 24.0 Å². The number of guanidine groups is 1. The van der Waals surface area contributed by atoms with Gasteiger partial charge in [-0.05, 0) is 30.7 Å². The van der Waals surface area contributed by atoms with Gasteiger partial charge in [0.15, 0.2) is 29.1 Å². The highest BCUT2D eigenvalue weighted by molar-refractivity contribution is 14.0. The summed E-state index contributed by atoms with van der Waals surface area (Å²) < 4.78 is 30.3. The number of halogens is 2. The summed E-state index contributed by atoms with van der Waals surface area (Å²) in [6.07, 6.45) is 2.46. The number of methoxy groups -OCH3 is 3. The Kier molecular flexibility index (Phi) is 9.41. The van der Waals surface area contributed by atoms with Crippen LogP contribution in [0.15, 0.2) is 35.5 Å². The van der Waals surface area contributed by atoms with Crippen molar-refractivity contribution in [1.82, 2.24) is 15.6 Å². The molecule has 0 bridgehead atoms. The molecular weight excluding hydrogens is 516 g/mol. The second-order valence-electron chi connectivity index (χ2n) is 6.80. The lowest BCUT2D eigenvalue weighted by Gasteiger charge is -2.20. The predicted octanol–water partition coefficient (Wildman–Crippen LogP) is 2.81. The van der Waals surface area contributed by atoms with Crippen LogP contribution in [0, 0.1) is 5.82 Å². The van der Waals surface area contributed by atoms with Gasteiger partial charge in [-0.1, -0.05) is 0 Å². The third-order valence-corrected chi connectivity index (χ3v) is 5.02. The first-order valence-electron chi connectivity index (χ1n) is 9.71. The van der Waals surface area contributed by atoms with Crippen molar-refractivity contribution in [3.8, 4) is 17.2 Å². The molecule has 170 valence electrons. The zero-order valence-corrected chi connectivity index (χ0v) is 20.5. The number of nitrogens with zero attached hydrogens (tertiary/aromatic N) is 3. The zero-order valence-electron chi connectivity index (χ0n) is 18.1. The highest BCUT2D eigenvalue weighted by Crippen LogP contribution is 2.39. The van der Waals surface area contributed by atoms with E-state index in [1.54, 1.807) is 40.6 Å². The fourth-order valence-corrected chi connectivity index (χ4v) is 3.55. The van der Waals surface area contributed by atoms with Crippen molar-refractivity contribution >= 4 is 35.8 Å². The molecule has 3 rings (SSSR count). The van der Waals surface area contributed by atoms with E-state index in [0.717, 1.165) is 18.5 Å². The van der Waals surface area contributed by atoms with Crippen LogP contribution in [0.2, 0.25) is 0 Å². The van der Waals surface area contributed by atoms with Gasteiger partial charge in [0.25, 0.3) is 0 Å². The van der Waals surface area contributed by atoms with E-state index < -0.39 is 0 Å². The van der Waals surface area contributed by atoms with E-state index in [0.29, 0.717) is 42.1 Å². The smallest absolute Gasteiger partial charge is 0.203 e. The molecule has 1 aromatic carbocycles. The van der Waals surface area contributed by atoms with E-state index in [2.05, 4.69) is 20.6 Å². The summed E-state index contributed by atoms with van der Waals surface area (Å²) in [5, 5.41) is 6.69. The van der Waals surface area contributed by atoms with E-state index in [4.69, 9.17) is 14.2 Å². The molecule has 1 aromatic heterocycles. The van der Waals surface area contributed by atoms with Crippen LogP contribution < -0.4 is 29.7 Å². The van der Waals surface area contributed by atoms with Gasteiger partial charge in [0, 0.05) is 44.5 Å². The van der Waals surface area contributed by atoms with Gasteiger partial charge in [-0.3, -0.25) is 4.99 Å². The highest BCUT2D eigenvalue weighted by atomic mass is 127. The Labute approximate surface area is 199 Å². The van der Waals surface area contributed by atoms with Crippen molar-refractivity contribution in [2.24, 2.45) is 4.99 Å². The van der Waals surface area contributed by atoms with Gasteiger partial charge in [0.2, 0.25) is 5.75 Å². The fraction of sp³-hybridized carbons (Fsp3) is 0.429. The fourth-order valence-electron chi connectivity index (χ4n) is 3.55. The molecule has 2 heterocycles. The van der Waals surface area contributed by atoms with Crippen LogP contribution in [0.1, 0.15) is 12.0 Å². The van der Waals surface area contributed by atoms with E-state index in [-0.39, 0.29) is 35.8 Å². The Hall–Kier alpha value is -2.50. The maximum Gasteiger partial charge on any atom is 0.203 e. The molecule has 0 aliphatic carbocycles. The van der Waals surface area contributed by atoms with Crippen LogP contribution in [0.3, 0.4) is 0 Å². The van der Waals surface area contributed by atoms with E-state index >= 15 is 0 Å². The maximum absolute atomic E-state index is 14.0.